The van der Waals surface area contributed by atoms with E-state index in [0.29, 0.717) is 39.2 Å². The summed E-state index contributed by atoms with van der Waals surface area (Å²) < 4.78 is 23.1. The van der Waals surface area contributed by atoms with Gasteiger partial charge in [0.1, 0.15) is 12.7 Å². The molecule has 0 spiro atoms. The molecule has 0 saturated carbocycles. The van der Waals surface area contributed by atoms with E-state index in [2.05, 4.69) is 10.1 Å². The number of esters is 1. The second-order valence-corrected chi connectivity index (χ2v) is 7.23. The molecule has 0 aliphatic rings. The Bertz CT molecular complexity index is 1340. The molecule has 0 saturated heterocycles. The van der Waals surface area contributed by atoms with Crippen LogP contribution in [0.15, 0.2) is 43.0 Å². The molecule has 10 nitrogen and oxygen atoms in total. The maximum absolute atomic E-state index is 13.3. The van der Waals surface area contributed by atoms with Crippen molar-refractivity contribution in [2.75, 3.05) is 27.9 Å². The van der Waals surface area contributed by atoms with Gasteiger partial charge in [-0.25, -0.2) is 19.4 Å². The Labute approximate surface area is 195 Å². The van der Waals surface area contributed by atoms with Crippen molar-refractivity contribution < 1.29 is 28.8 Å². The lowest BCUT2D eigenvalue weighted by Gasteiger charge is -2.18. The highest BCUT2D eigenvalue weighted by Gasteiger charge is 2.25. The number of fused-ring (bicyclic) bond motifs is 1. The Morgan fingerprint density at radius 3 is 2.44 bits per heavy atom. The van der Waals surface area contributed by atoms with Crippen molar-refractivity contribution in [3.05, 3.63) is 54.2 Å². The van der Waals surface area contributed by atoms with Crippen molar-refractivity contribution in [3.63, 3.8) is 0 Å². The number of rotatable bonds is 8. The van der Waals surface area contributed by atoms with Crippen LogP contribution in [0.4, 0.5) is 0 Å². The first kappa shape index (κ1) is 22.8. The zero-order chi connectivity index (χ0) is 24.2. The summed E-state index contributed by atoms with van der Waals surface area (Å²) in [6.07, 6.45) is 2.94. The highest BCUT2D eigenvalue weighted by Crippen LogP contribution is 2.41. The molecule has 0 aliphatic heterocycles. The summed E-state index contributed by atoms with van der Waals surface area (Å²) in [5.74, 6) is 0.642. The minimum Gasteiger partial charge on any atom is -0.504 e. The van der Waals surface area contributed by atoms with Gasteiger partial charge in [-0.3, -0.25) is 0 Å². The molecule has 176 valence electrons. The van der Waals surface area contributed by atoms with Crippen LogP contribution >= 0.6 is 0 Å². The van der Waals surface area contributed by atoms with Gasteiger partial charge in [0.2, 0.25) is 0 Å². The number of phenolic OH excluding ortho intramolecular Hbond substituents is 1. The van der Waals surface area contributed by atoms with Gasteiger partial charge in [-0.15, -0.1) is 0 Å². The first-order valence-corrected chi connectivity index (χ1v) is 10.5. The minimum absolute atomic E-state index is 0.0858. The monoisotopic (exact) mass is 464 g/mol. The number of carbonyl (C=O) groups is 1. The van der Waals surface area contributed by atoms with Crippen molar-refractivity contribution >= 4 is 16.9 Å². The second kappa shape index (κ2) is 9.65. The van der Waals surface area contributed by atoms with E-state index < -0.39 is 5.97 Å². The minimum atomic E-state index is -0.549. The molecule has 1 N–H and O–H groups in total. The Morgan fingerprint density at radius 1 is 1.03 bits per heavy atom. The van der Waals surface area contributed by atoms with E-state index in [9.17, 15) is 9.90 Å². The Kier molecular flexibility index (Phi) is 6.48. The molecule has 0 aliphatic carbocycles. The molecule has 0 bridgehead atoms. The Morgan fingerprint density at radius 2 is 1.79 bits per heavy atom. The standard InChI is InChI=1S/C24H24N4O6/c1-5-34-24(30)23-17(11-28-13-25-12-26-28)27-16-10-20(32-3)18(29)9-15(16)22(23)14-6-7-19(31-2)21(8-14)33-4/h6-10,12-13,29H,5,11H2,1-4H3. The van der Waals surface area contributed by atoms with Crippen LogP contribution in [0, 0.1) is 0 Å². The summed E-state index contributed by atoms with van der Waals surface area (Å²) in [6, 6.07) is 8.45. The second-order valence-electron chi connectivity index (χ2n) is 7.23. The van der Waals surface area contributed by atoms with Crippen LogP contribution in [0.3, 0.4) is 0 Å². The Balaban J connectivity index is 2.10. The summed E-state index contributed by atoms with van der Waals surface area (Å²) in [7, 11) is 4.54. The van der Waals surface area contributed by atoms with Gasteiger partial charge in [-0.1, -0.05) is 6.07 Å². The van der Waals surface area contributed by atoms with Crippen LogP contribution in [-0.4, -0.2) is 58.8 Å². The van der Waals surface area contributed by atoms with Crippen LogP contribution in [0.2, 0.25) is 0 Å². The lowest BCUT2D eigenvalue weighted by atomic mass is 9.93. The lowest BCUT2D eigenvalue weighted by molar-refractivity contribution is 0.0525. The molecule has 0 radical (unpaired) electrons. The molecule has 0 fully saturated rings. The summed E-state index contributed by atoms with van der Waals surface area (Å²) in [5.41, 5.74) is 2.37. The normalized spacial score (nSPS) is 10.8. The van der Waals surface area contributed by atoms with Crippen LogP contribution in [-0.2, 0) is 11.3 Å². The summed E-state index contributed by atoms with van der Waals surface area (Å²) >= 11 is 0. The fourth-order valence-corrected chi connectivity index (χ4v) is 3.79. The maximum atomic E-state index is 13.3. The number of hydrogen-bond donors (Lipinski definition) is 1. The third-order valence-corrected chi connectivity index (χ3v) is 5.29. The number of aromatic hydroxyl groups is 1. The van der Waals surface area contributed by atoms with Gasteiger partial charge in [-0.05, 0) is 30.7 Å². The van der Waals surface area contributed by atoms with Gasteiger partial charge in [0, 0.05) is 17.0 Å². The quantitative estimate of drug-likeness (QED) is 0.391. The third kappa shape index (κ3) is 4.17. The number of hydrogen-bond acceptors (Lipinski definition) is 9. The molecule has 0 unspecified atom stereocenters. The van der Waals surface area contributed by atoms with Gasteiger partial charge in [0.15, 0.2) is 23.0 Å². The predicted molar refractivity (Wildman–Crippen MR) is 124 cm³/mol. The topological polar surface area (TPSA) is 118 Å². The summed E-state index contributed by atoms with van der Waals surface area (Å²) in [6.45, 7) is 2.09. The smallest absolute Gasteiger partial charge is 0.340 e. The van der Waals surface area contributed by atoms with Crippen LogP contribution < -0.4 is 14.2 Å². The highest BCUT2D eigenvalue weighted by molar-refractivity contribution is 6.08. The summed E-state index contributed by atoms with van der Waals surface area (Å²) in [4.78, 5) is 22.0. The maximum Gasteiger partial charge on any atom is 0.340 e. The molecule has 0 amide bonds. The van der Waals surface area contributed by atoms with Gasteiger partial charge < -0.3 is 24.1 Å². The molecule has 4 rings (SSSR count). The fourth-order valence-electron chi connectivity index (χ4n) is 3.79. The van der Waals surface area contributed by atoms with Crippen molar-refractivity contribution in [2.24, 2.45) is 0 Å². The Hall–Kier alpha value is -4.34. The van der Waals surface area contributed by atoms with Crippen molar-refractivity contribution in [1.82, 2.24) is 19.7 Å². The zero-order valence-corrected chi connectivity index (χ0v) is 19.2. The lowest BCUT2D eigenvalue weighted by Crippen LogP contribution is -2.15. The number of methoxy groups -OCH3 is 3. The molecule has 34 heavy (non-hydrogen) atoms. The average Bonchev–Trinajstić information content (AvgIpc) is 3.35. The average molecular weight is 464 g/mol. The molecule has 2 aromatic heterocycles. The van der Waals surface area contributed by atoms with E-state index >= 15 is 0 Å². The number of benzene rings is 2. The molecule has 10 heteroatoms. The van der Waals surface area contributed by atoms with Crippen molar-refractivity contribution in [2.45, 2.75) is 13.5 Å². The first-order valence-electron chi connectivity index (χ1n) is 10.5. The predicted octanol–water partition coefficient (Wildman–Crippen LogP) is 3.45. The third-order valence-electron chi connectivity index (χ3n) is 5.29. The number of aromatic nitrogens is 4. The van der Waals surface area contributed by atoms with Gasteiger partial charge in [0.05, 0.1) is 51.3 Å². The van der Waals surface area contributed by atoms with Gasteiger partial charge in [0.25, 0.3) is 0 Å². The van der Waals surface area contributed by atoms with Crippen LogP contribution in [0.1, 0.15) is 23.0 Å². The zero-order valence-electron chi connectivity index (χ0n) is 19.2. The fraction of sp³-hybridized carbons (Fsp3) is 0.250. The van der Waals surface area contributed by atoms with E-state index in [1.54, 1.807) is 43.0 Å². The number of ether oxygens (including phenoxy) is 4. The number of carbonyl (C=O) groups excluding carboxylic acids is 1. The molecule has 2 heterocycles. The van der Waals surface area contributed by atoms with Crippen LogP contribution in [0.5, 0.6) is 23.0 Å². The molecule has 4 aromatic rings. The molecular weight excluding hydrogens is 440 g/mol. The SMILES string of the molecule is CCOC(=O)c1c(Cn2cncn2)nc2cc(OC)c(O)cc2c1-c1ccc(OC)c(OC)c1. The van der Waals surface area contributed by atoms with E-state index in [4.69, 9.17) is 23.9 Å². The van der Waals surface area contributed by atoms with E-state index in [-0.39, 0.29) is 30.2 Å². The number of phenols is 1. The largest absolute Gasteiger partial charge is 0.504 e. The highest BCUT2D eigenvalue weighted by atomic mass is 16.5. The van der Waals surface area contributed by atoms with E-state index in [1.165, 1.54) is 32.9 Å². The molecule has 0 atom stereocenters. The van der Waals surface area contributed by atoms with E-state index in [1.807, 2.05) is 0 Å². The first-order chi connectivity index (χ1) is 16.5. The van der Waals surface area contributed by atoms with Crippen molar-refractivity contribution in [1.29, 1.82) is 0 Å². The number of nitrogens with zero attached hydrogens (tertiary/aromatic N) is 4. The van der Waals surface area contributed by atoms with E-state index in [0.717, 1.165) is 0 Å². The number of pyridine rings is 1. The summed E-state index contributed by atoms with van der Waals surface area (Å²) in [5, 5.41) is 15.2. The van der Waals surface area contributed by atoms with Gasteiger partial charge >= 0.3 is 5.97 Å². The van der Waals surface area contributed by atoms with Gasteiger partial charge in [-0.2, -0.15) is 5.10 Å². The molecule has 2 aromatic carbocycles. The molecular formula is C24H24N4O6. The van der Waals surface area contributed by atoms with Crippen LogP contribution in [0.25, 0.3) is 22.0 Å². The van der Waals surface area contributed by atoms with Crippen molar-refractivity contribution in [3.8, 4) is 34.1 Å².